The van der Waals surface area contributed by atoms with E-state index < -0.39 is 33.7 Å². The zero-order chi connectivity index (χ0) is 22.0. The van der Waals surface area contributed by atoms with Crippen molar-refractivity contribution >= 4 is 33.7 Å². The number of carbonyl (C=O) groups is 4. The Morgan fingerprint density at radius 2 is 1.48 bits per heavy atom. The van der Waals surface area contributed by atoms with Gasteiger partial charge in [-0.25, -0.2) is 13.2 Å². The number of benzene rings is 1. The van der Waals surface area contributed by atoms with Crippen LogP contribution in [0, 0.1) is 0 Å². The lowest BCUT2D eigenvalue weighted by Crippen LogP contribution is -2.44. The van der Waals surface area contributed by atoms with E-state index in [0.29, 0.717) is 0 Å². The van der Waals surface area contributed by atoms with Gasteiger partial charge in [0.25, 0.3) is 0 Å². The van der Waals surface area contributed by atoms with E-state index in [4.69, 9.17) is 10.8 Å². The van der Waals surface area contributed by atoms with Gasteiger partial charge in [-0.05, 0) is 24.3 Å². The first-order valence-electron chi connectivity index (χ1n) is 8.37. The zero-order valence-corrected chi connectivity index (χ0v) is 16.5. The fourth-order valence-corrected chi connectivity index (χ4v) is 3.15. The van der Waals surface area contributed by atoms with Gasteiger partial charge in [0.2, 0.25) is 27.7 Å². The van der Waals surface area contributed by atoms with Gasteiger partial charge in [-0.3, -0.25) is 14.4 Å². The second-order valence-electron chi connectivity index (χ2n) is 5.76. The molecule has 1 rings (SSSR count). The molecule has 0 spiro atoms. The van der Waals surface area contributed by atoms with Crippen LogP contribution in [0.15, 0.2) is 29.2 Å². The first-order valence-corrected chi connectivity index (χ1v) is 9.81. The van der Waals surface area contributed by atoms with Crippen molar-refractivity contribution in [3.8, 4) is 0 Å². The van der Waals surface area contributed by atoms with Crippen molar-refractivity contribution in [2.24, 2.45) is 5.73 Å². The third kappa shape index (κ3) is 7.85. The van der Waals surface area contributed by atoms with Gasteiger partial charge in [-0.1, -0.05) is 0 Å². The number of sulfonamides is 1. The van der Waals surface area contributed by atoms with Gasteiger partial charge in [0.1, 0.15) is 0 Å². The summed E-state index contributed by atoms with van der Waals surface area (Å²) >= 11 is 0. The Bertz CT molecular complexity index is 855. The molecule has 0 atom stereocenters. The van der Waals surface area contributed by atoms with Crippen LogP contribution in [0.4, 0.5) is 0 Å². The van der Waals surface area contributed by atoms with Crippen molar-refractivity contribution in [2.45, 2.75) is 4.90 Å². The van der Waals surface area contributed by atoms with E-state index in [1.165, 1.54) is 31.3 Å². The molecule has 0 aromatic heterocycles. The maximum absolute atomic E-state index is 12.4. The maximum atomic E-state index is 12.4. The first kappa shape index (κ1) is 24.0. The fraction of sp³-hybridized carbons (Fsp3) is 0.375. The fourth-order valence-electron chi connectivity index (χ4n) is 1.98. The lowest BCUT2D eigenvalue weighted by atomic mass is 10.2. The molecule has 0 bridgehead atoms. The average Bonchev–Trinajstić information content (AvgIpc) is 2.70. The molecule has 0 aliphatic heterocycles. The van der Waals surface area contributed by atoms with Crippen LogP contribution in [-0.4, -0.2) is 81.3 Å². The predicted molar refractivity (Wildman–Crippen MR) is 101 cm³/mol. The normalized spacial score (nSPS) is 11.0. The summed E-state index contributed by atoms with van der Waals surface area (Å²) < 4.78 is 25.8. The molecule has 1 aromatic carbocycles. The highest BCUT2D eigenvalue weighted by atomic mass is 32.2. The highest BCUT2D eigenvalue weighted by Crippen LogP contribution is 2.14. The van der Waals surface area contributed by atoms with Gasteiger partial charge >= 0.3 is 5.97 Å². The molecular formula is C16H23N5O7S. The number of nitrogens with one attached hydrogen (secondary N) is 3. The van der Waals surface area contributed by atoms with Gasteiger partial charge in [0.15, 0.2) is 0 Å². The largest absolute Gasteiger partial charge is 0.478 e. The van der Waals surface area contributed by atoms with Crippen LogP contribution in [0.3, 0.4) is 0 Å². The highest BCUT2D eigenvalue weighted by molar-refractivity contribution is 7.89. The number of carboxylic acid groups (broad SMARTS) is 1. The first-order chi connectivity index (χ1) is 13.6. The number of amides is 3. The number of rotatable bonds is 11. The molecule has 0 heterocycles. The molecule has 0 radical (unpaired) electrons. The number of nitrogens with zero attached hydrogens (tertiary/aromatic N) is 1. The van der Waals surface area contributed by atoms with E-state index in [1.54, 1.807) is 0 Å². The smallest absolute Gasteiger partial charge is 0.335 e. The van der Waals surface area contributed by atoms with Crippen LogP contribution >= 0.6 is 0 Å². The number of carboxylic acids is 1. The Morgan fingerprint density at radius 3 is 2.00 bits per heavy atom. The minimum absolute atomic E-state index is 0.0123. The van der Waals surface area contributed by atoms with E-state index in [0.717, 1.165) is 4.31 Å². The van der Waals surface area contributed by atoms with Crippen molar-refractivity contribution in [1.29, 1.82) is 0 Å². The number of aromatic carboxylic acids is 1. The summed E-state index contributed by atoms with van der Waals surface area (Å²) in [6, 6.07) is 4.74. The Labute approximate surface area is 167 Å². The number of hydrogen-bond acceptors (Lipinski definition) is 7. The van der Waals surface area contributed by atoms with Crippen molar-refractivity contribution in [3.63, 3.8) is 0 Å². The Kier molecular flexibility index (Phi) is 9.18. The second-order valence-corrected chi connectivity index (χ2v) is 7.81. The molecular weight excluding hydrogens is 406 g/mol. The van der Waals surface area contributed by atoms with E-state index in [2.05, 4.69) is 16.0 Å². The summed E-state index contributed by atoms with van der Waals surface area (Å²) in [5, 5.41) is 15.8. The number of likely N-dealkylation sites (N-methyl/N-ethyl adjacent to an activating group) is 1. The Hall–Kier alpha value is -3.03. The van der Waals surface area contributed by atoms with Crippen LogP contribution in [0.25, 0.3) is 0 Å². The third-order valence-corrected chi connectivity index (χ3v) is 5.51. The summed E-state index contributed by atoms with van der Waals surface area (Å²) in [4.78, 5) is 44.8. The van der Waals surface area contributed by atoms with Gasteiger partial charge in [-0.2, -0.15) is 4.31 Å². The minimum Gasteiger partial charge on any atom is -0.478 e. The van der Waals surface area contributed by atoms with E-state index in [1.807, 2.05) is 0 Å². The zero-order valence-electron chi connectivity index (χ0n) is 15.7. The van der Waals surface area contributed by atoms with E-state index in [-0.39, 0.29) is 43.2 Å². The molecule has 160 valence electrons. The molecule has 0 saturated carbocycles. The lowest BCUT2D eigenvalue weighted by molar-refractivity contribution is -0.127. The summed E-state index contributed by atoms with van der Waals surface area (Å²) in [7, 11) is -2.54. The predicted octanol–water partition coefficient (Wildman–Crippen LogP) is -2.69. The Balaban J connectivity index is 2.42. The monoisotopic (exact) mass is 429 g/mol. The molecule has 3 amide bonds. The summed E-state index contributed by atoms with van der Waals surface area (Å²) in [5.74, 6) is -2.79. The van der Waals surface area contributed by atoms with Crippen molar-refractivity contribution in [2.75, 3.05) is 39.8 Å². The molecule has 0 aliphatic carbocycles. The van der Waals surface area contributed by atoms with Crippen molar-refractivity contribution < 1.29 is 32.7 Å². The molecule has 0 unspecified atom stereocenters. The molecule has 1 aromatic rings. The van der Waals surface area contributed by atoms with E-state index >= 15 is 0 Å². The van der Waals surface area contributed by atoms with Gasteiger partial charge in [0.05, 0.1) is 30.1 Å². The van der Waals surface area contributed by atoms with Crippen LogP contribution in [0.2, 0.25) is 0 Å². The van der Waals surface area contributed by atoms with Crippen LogP contribution in [0.5, 0.6) is 0 Å². The van der Waals surface area contributed by atoms with E-state index in [9.17, 15) is 27.6 Å². The number of hydrogen-bond donors (Lipinski definition) is 5. The van der Waals surface area contributed by atoms with Crippen molar-refractivity contribution in [1.82, 2.24) is 20.3 Å². The molecule has 6 N–H and O–H groups in total. The minimum atomic E-state index is -3.85. The Morgan fingerprint density at radius 1 is 0.966 bits per heavy atom. The summed E-state index contributed by atoms with van der Waals surface area (Å²) in [6.45, 7) is -0.972. The SMILES string of the molecule is CN(CCNC(=O)CNC(=O)CNC(=O)CN)S(=O)(=O)c1ccc(C(=O)O)cc1. The lowest BCUT2D eigenvalue weighted by Gasteiger charge is -2.17. The molecule has 13 heteroatoms. The van der Waals surface area contributed by atoms with Gasteiger partial charge in [0, 0.05) is 20.1 Å². The average molecular weight is 429 g/mol. The quantitative estimate of drug-likeness (QED) is 0.251. The maximum Gasteiger partial charge on any atom is 0.335 e. The molecule has 29 heavy (non-hydrogen) atoms. The van der Waals surface area contributed by atoms with Crippen LogP contribution in [-0.2, 0) is 24.4 Å². The molecule has 0 saturated heterocycles. The van der Waals surface area contributed by atoms with Gasteiger partial charge < -0.3 is 26.8 Å². The van der Waals surface area contributed by atoms with Crippen LogP contribution < -0.4 is 21.7 Å². The number of carbonyl (C=O) groups excluding carboxylic acids is 3. The summed E-state index contributed by atoms with van der Waals surface area (Å²) in [6.07, 6.45) is 0. The standard InChI is InChI=1S/C16H23N5O7S/c1-21(29(27,28)12-4-2-11(3-5-12)16(25)26)7-6-18-14(23)9-20-15(24)10-19-13(22)8-17/h2-5H,6-10,17H2,1H3,(H,18,23)(H,19,22)(H,20,24)(H,25,26). The van der Waals surface area contributed by atoms with Gasteiger partial charge in [-0.15, -0.1) is 0 Å². The topological polar surface area (TPSA) is 188 Å². The van der Waals surface area contributed by atoms with Crippen LogP contribution in [0.1, 0.15) is 10.4 Å². The van der Waals surface area contributed by atoms with Crippen molar-refractivity contribution in [3.05, 3.63) is 29.8 Å². The molecule has 0 aliphatic rings. The third-order valence-electron chi connectivity index (χ3n) is 3.64. The second kappa shape index (κ2) is 11.1. The summed E-state index contributed by atoms with van der Waals surface area (Å²) in [5.41, 5.74) is 5.03. The molecule has 12 nitrogen and oxygen atoms in total. The number of nitrogens with two attached hydrogens (primary N) is 1. The highest BCUT2D eigenvalue weighted by Gasteiger charge is 2.21. The molecule has 0 fully saturated rings.